The molecule has 1 fully saturated rings. The van der Waals surface area contributed by atoms with Gasteiger partial charge in [-0.2, -0.15) is 0 Å². The van der Waals surface area contributed by atoms with E-state index in [1.165, 1.54) is 5.56 Å². The third-order valence-electron chi connectivity index (χ3n) is 7.09. The highest BCUT2D eigenvalue weighted by molar-refractivity contribution is 8.93. The number of rotatable bonds is 8. The number of nitrogens with one attached hydrogen (secondary N) is 1. The largest absolute Gasteiger partial charge is 0.507 e. The molecule has 6 heteroatoms. The molecule has 1 saturated heterocycles. The van der Waals surface area contributed by atoms with Crippen LogP contribution in [-0.2, 0) is 22.0 Å². The van der Waals surface area contributed by atoms with E-state index in [1.54, 1.807) is 7.11 Å². The fraction of sp³-hybridized carbons (Fsp3) is 0.533. The van der Waals surface area contributed by atoms with Crippen molar-refractivity contribution >= 4 is 28.6 Å². The van der Waals surface area contributed by atoms with Crippen LogP contribution in [0.25, 0.3) is 0 Å². The van der Waals surface area contributed by atoms with E-state index in [4.69, 9.17) is 10.1 Å². The van der Waals surface area contributed by atoms with Gasteiger partial charge in [0.15, 0.2) is 5.78 Å². The number of amidine groups is 1. The molecule has 0 aromatic heterocycles. The Balaban J connectivity index is 0.00000456. The van der Waals surface area contributed by atoms with Crippen molar-refractivity contribution in [1.29, 1.82) is 5.41 Å². The van der Waals surface area contributed by atoms with Gasteiger partial charge in [-0.1, -0.05) is 71.9 Å². The number of halogens is 1. The highest BCUT2D eigenvalue weighted by atomic mass is 79.9. The maximum Gasteiger partial charge on any atom is 0.182 e. The van der Waals surface area contributed by atoms with E-state index in [2.05, 4.69) is 12.1 Å². The van der Waals surface area contributed by atoms with E-state index < -0.39 is 0 Å². The average Bonchev–Trinajstić information content (AvgIpc) is 3.05. The summed E-state index contributed by atoms with van der Waals surface area (Å²) in [6.45, 7) is 13.8. The van der Waals surface area contributed by atoms with Crippen LogP contribution in [0.5, 0.6) is 5.75 Å². The zero-order valence-electron chi connectivity index (χ0n) is 22.9. The summed E-state index contributed by atoms with van der Waals surface area (Å²) < 4.78 is 5.34. The number of benzene rings is 2. The van der Waals surface area contributed by atoms with E-state index >= 15 is 0 Å². The molecule has 1 aliphatic rings. The molecule has 1 heterocycles. The van der Waals surface area contributed by atoms with Gasteiger partial charge in [0.1, 0.15) is 11.6 Å². The van der Waals surface area contributed by atoms with Gasteiger partial charge in [-0.3, -0.25) is 10.2 Å². The molecular weight excluding hydrogens is 516 g/mol. The van der Waals surface area contributed by atoms with E-state index in [-0.39, 0.29) is 57.7 Å². The first-order valence-corrected chi connectivity index (χ1v) is 12.6. The third kappa shape index (κ3) is 6.98. The summed E-state index contributed by atoms with van der Waals surface area (Å²) in [6.07, 6.45) is 1.66. The Labute approximate surface area is 227 Å². The van der Waals surface area contributed by atoms with Gasteiger partial charge in [0.05, 0.1) is 6.54 Å². The quantitative estimate of drug-likeness (QED) is 0.360. The van der Waals surface area contributed by atoms with E-state index in [0.29, 0.717) is 24.6 Å². The Bertz CT molecular complexity index is 1020. The van der Waals surface area contributed by atoms with Crippen molar-refractivity contribution < 1.29 is 14.6 Å². The van der Waals surface area contributed by atoms with Crippen molar-refractivity contribution in [3.05, 3.63) is 64.7 Å². The molecule has 2 aromatic carbocycles. The Kier molecular flexibility index (Phi) is 9.94. The molecule has 3 rings (SSSR count). The zero-order valence-corrected chi connectivity index (χ0v) is 24.6. The van der Waals surface area contributed by atoms with Crippen molar-refractivity contribution in [3.8, 4) is 5.75 Å². The second-order valence-corrected chi connectivity index (χ2v) is 11.9. The van der Waals surface area contributed by atoms with Crippen molar-refractivity contribution in [3.63, 3.8) is 0 Å². The van der Waals surface area contributed by atoms with Crippen LogP contribution >= 0.6 is 17.0 Å². The Morgan fingerprint density at radius 1 is 1.06 bits per heavy atom. The summed E-state index contributed by atoms with van der Waals surface area (Å²) in [4.78, 5) is 15.5. The summed E-state index contributed by atoms with van der Waals surface area (Å²) >= 11 is 0. The Hall–Kier alpha value is -2.18. The molecule has 2 atom stereocenters. The average molecular weight is 560 g/mol. The molecule has 2 unspecified atom stereocenters. The van der Waals surface area contributed by atoms with E-state index in [1.807, 2.05) is 76.8 Å². The number of aromatic hydroxyl groups is 1. The predicted molar refractivity (Wildman–Crippen MR) is 153 cm³/mol. The molecule has 0 amide bonds. The fourth-order valence-corrected chi connectivity index (χ4v) is 5.01. The molecule has 36 heavy (non-hydrogen) atoms. The molecule has 2 N–H and O–H groups in total. The van der Waals surface area contributed by atoms with Crippen molar-refractivity contribution in [1.82, 2.24) is 4.90 Å². The van der Waals surface area contributed by atoms with Crippen LogP contribution < -0.4 is 0 Å². The summed E-state index contributed by atoms with van der Waals surface area (Å²) in [6, 6.07) is 14.0. The highest BCUT2D eigenvalue weighted by Gasteiger charge is 2.38. The second-order valence-electron chi connectivity index (χ2n) is 11.9. The number of nitrogens with zero attached hydrogens (tertiary/aromatic N) is 1. The molecule has 1 aliphatic heterocycles. The fourth-order valence-electron chi connectivity index (χ4n) is 5.01. The van der Waals surface area contributed by atoms with Gasteiger partial charge in [-0.05, 0) is 47.3 Å². The van der Waals surface area contributed by atoms with Crippen LogP contribution in [0.3, 0.4) is 0 Å². The minimum absolute atomic E-state index is 0. The molecule has 0 saturated carbocycles. The smallest absolute Gasteiger partial charge is 0.182 e. The van der Waals surface area contributed by atoms with Crippen molar-refractivity contribution in [2.24, 2.45) is 11.8 Å². The van der Waals surface area contributed by atoms with Gasteiger partial charge < -0.3 is 14.7 Å². The maximum atomic E-state index is 13.6. The Morgan fingerprint density at radius 3 is 2.11 bits per heavy atom. The molecule has 0 spiro atoms. The lowest BCUT2D eigenvalue weighted by Gasteiger charge is -2.28. The SMILES string of the molecule is Br.COCCC1CN(CC(=O)c2cc(C(C)(C)C)c(O)c(C(C)(C)C)c2)C(=N)C1Cc1ccccc1. The number of phenols is 1. The first kappa shape index (κ1) is 30.0. The van der Waals surface area contributed by atoms with Gasteiger partial charge >= 0.3 is 0 Å². The van der Waals surface area contributed by atoms with Gasteiger partial charge in [0.25, 0.3) is 0 Å². The molecule has 0 aliphatic carbocycles. The molecule has 0 bridgehead atoms. The van der Waals surface area contributed by atoms with Crippen LogP contribution in [0.2, 0.25) is 0 Å². The molecular formula is C30H43BrN2O3. The lowest BCUT2D eigenvalue weighted by atomic mass is 9.78. The number of ketones is 1. The van der Waals surface area contributed by atoms with Crippen LogP contribution in [-0.4, -0.2) is 48.4 Å². The van der Waals surface area contributed by atoms with E-state index in [0.717, 1.165) is 24.0 Å². The number of methoxy groups -OCH3 is 1. The summed E-state index contributed by atoms with van der Waals surface area (Å²) in [5.74, 6) is 1.13. The topological polar surface area (TPSA) is 73.6 Å². The van der Waals surface area contributed by atoms with Gasteiger partial charge in [-0.15, -0.1) is 17.0 Å². The minimum Gasteiger partial charge on any atom is -0.507 e. The summed E-state index contributed by atoms with van der Waals surface area (Å²) in [7, 11) is 1.71. The number of phenolic OH excluding ortho intramolecular Hbond substituents is 1. The lowest BCUT2D eigenvalue weighted by Crippen LogP contribution is -2.33. The third-order valence-corrected chi connectivity index (χ3v) is 7.09. The van der Waals surface area contributed by atoms with Gasteiger partial charge in [0, 0.05) is 42.9 Å². The number of ether oxygens (including phenoxy) is 1. The number of likely N-dealkylation sites (tertiary alicyclic amines) is 1. The predicted octanol–water partition coefficient (Wildman–Crippen LogP) is 6.55. The molecule has 5 nitrogen and oxygen atoms in total. The number of hydrogen-bond acceptors (Lipinski definition) is 4. The van der Waals surface area contributed by atoms with Crippen molar-refractivity contribution in [2.45, 2.75) is 65.2 Å². The first-order chi connectivity index (χ1) is 16.3. The van der Waals surface area contributed by atoms with Crippen LogP contribution in [0.4, 0.5) is 0 Å². The minimum atomic E-state index is -0.299. The standard InChI is InChI=1S/C30H42N2O3.BrH/c1-29(2,3)24-16-22(17-25(27(24)34)30(4,5)6)26(33)19-32-18-21(13-14-35-7)23(28(32)31)15-20-11-9-8-10-12-20;/h8-12,16-17,21,23,31,34H,13-15,18-19H2,1-7H3;1H. The number of carbonyl (C=O) groups is 1. The zero-order chi connectivity index (χ0) is 26.0. The summed E-state index contributed by atoms with van der Waals surface area (Å²) in [5, 5.41) is 20.0. The summed E-state index contributed by atoms with van der Waals surface area (Å²) in [5.41, 5.74) is 2.78. The molecule has 0 radical (unpaired) electrons. The van der Waals surface area contributed by atoms with Crippen LogP contribution in [0.15, 0.2) is 42.5 Å². The Morgan fingerprint density at radius 2 is 1.61 bits per heavy atom. The second kappa shape index (κ2) is 11.9. The van der Waals surface area contributed by atoms with Crippen LogP contribution in [0.1, 0.15) is 75.0 Å². The molecule has 198 valence electrons. The highest BCUT2D eigenvalue weighted by Crippen LogP contribution is 2.40. The normalized spacial score (nSPS) is 18.3. The first-order valence-electron chi connectivity index (χ1n) is 12.6. The van der Waals surface area contributed by atoms with Gasteiger partial charge in [0.2, 0.25) is 0 Å². The maximum absolute atomic E-state index is 13.6. The lowest BCUT2D eigenvalue weighted by molar-refractivity contribution is 0.0961. The van der Waals surface area contributed by atoms with E-state index in [9.17, 15) is 9.90 Å². The van der Waals surface area contributed by atoms with Crippen LogP contribution in [0, 0.1) is 17.2 Å². The molecule has 2 aromatic rings. The number of hydrogen-bond donors (Lipinski definition) is 2. The number of carbonyl (C=O) groups excluding carboxylic acids is 1. The monoisotopic (exact) mass is 558 g/mol. The number of Topliss-reactive ketones (excluding diaryl/α,β-unsaturated/α-hetero) is 1. The van der Waals surface area contributed by atoms with Gasteiger partial charge in [-0.25, -0.2) is 0 Å². The van der Waals surface area contributed by atoms with Crippen molar-refractivity contribution in [2.75, 3.05) is 26.8 Å².